The normalized spacial score (nSPS) is 10.9. The standard InChI is InChI=1S/C17H20N2O/c1-3-7-14-8-5-6-9-16(14)20-17-10-11-19-13-15(17)12-18-4-2/h3,5-11,13,18H,4,12H2,1-2H3/b7-3+. The maximum Gasteiger partial charge on any atom is 0.135 e. The van der Waals surface area contributed by atoms with Gasteiger partial charge in [-0.2, -0.15) is 0 Å². The van der Waals surface area contributed by atoms with Crippen LogP contribution in [0.1, 0.15) is 25.0 Å². The molecule has 0 unspecified atom stereocenters. The van der Waals surface area contributed by atoms with Gasteiger partial charge in [0.1, 0.15) is 11.5 Å². The molecule has 2 aromatic rings. The Hall–Kier alpha value is -2.13. The molecule has 20 heavy (non-hydrogen) atoms. The van der Waals surface area contributed by atoms with Crippen LogP contribution in [0.4, 0.5) is 0 Å². The fourth-order valence-corrected chi connectivity index (χ4v) is 1.92. The molecule has 0 aliphatic carbocycles. The quantitative estimate of drug-likeness (QED) is 0.859. The predicted octanol–water partition coefficient (Wildman–Crippen LogP) is 4.02. The van der Waals surface area contributed by atoms with Crippen LogP contribution in [-0.2, 0) is 6.54 Å². The highest BCUT2D eigenvalue weighted by Gasteiger charge is 2.06. The van der Waals surface area contributed by atoms with Gasteiger partial charge in [-0.3, -0.25) is 4.98 Å². The SMILES string of the molecule is C/C=C/c1ccccc1Oc1ccncc1CNCC. The van der Waals surface area contributed by atoms with Crippen LogP contribution in [0.25, 0.3) is 6.08 Å². The van der Waals surface area contributed by atoms with Crippen molar-refractivity contribution in [3.63, 3.8) is 0 Å². The summed E-state index contributed by atoms with van der Waals surface area (Å²) in [5.74, 6) is 1.70. The number of allylic oxidation sites excluding steroid dienone is 1. The van der Waals surface area contributed by atoms with Gasteiger partial charge >= 0.3 is 0 Å². The summed E-state index contributed by atoms with van der Waals surface area (Å²) in [5, 5.41) is 3.30. The van der Waals surface area contributed by atoms with E-state index in [0.29, 0.717) is 0 Å². The molecular weight excluding hydrogens is 248 g/mol. The molecule has 1 aromatic heterocycles. The van der Waals surface area contributed by atoms with Crippen molar-refractivity contribution in [2.24, 2.45) is 0 Å². The third-order valence-corrected chi connectivity index (χ3v) is 2.91. The van der Waals surface area contributed by atoms with Gasteiger partial charge in [0.2, 0.25) is 0 Å². The zero-order valence-corrected chi connectivity index (χ0v) is 12.0. The largest absolute Gasteiger partial charge is 0.456 e. The smallest absolute Gasteiger partial charge is 0.135 e. The lowest BCUT2D eigenvalue weighted by Gasteiger charge is -2.12. The number of rotatable bonds is 6. The number of ether oxygens (including phenoxy) is 1. The minimum Gasteiger partial charge on any atom is -0.456 e. The molecule has 0 spiro atoms. The first kappa shape index (κ1) is 14.3. The summed E-state index contributed by atoms with van der Waals surface area (Å²) in [5.41, 5.74) is 2.13. The van der Waals surface area contributed by atoms with Gasteiger partial charge in [0, 0.05) is 30.1 Å². The van der Waals surface area contributed by atoms with E-state index in [1.165, 1.54) is 0 Å². The number of para-hydroxylation sites is 1. The maximum absolute atomic E-state index is 6.06. The first-order valence-corrected chi connectivity index (χ1v) is 6.88. The number of hydrogen-bond donors (Lipinski definition) is 1. The van der Waals surface area contributed by atoms with E-state index in [2.05, 4.69) is 17.2 Å². The molecule has 2 rings (SSSR count). The first-order chi connectivity index (χ1) is 9.85. The van der Waals surface area contributed by atoms with Crippen LogP contribution in [0.3, 0.4) is 0 Å². The van der Waals surface area contributed by atoms with Crippen molar-refractivity contribution in [1.29, 1.82) is 0 Å². The Morgan fingerprint density at radius 3 is 2.85 bits per heavy atom. The van der Waals surface area contributed by atoms with E-state index < -0.39 is 0 Å². The summed E-state index contributed by atoms with van der Waals surface area (Å²) in [6, 6.07) is 9.91. The third kappa shape index (κ3) is 3.68. The highest BCUT2D eigenvalue weighted by Crippen LogP contribution is 2.28. The molecule has 1 aromatic carbocycles. The second-order valence-corrected chi connectivity index (χ2v) is 4.40. The molecule has 3 nitrogen and oxygen atoms in total. The number of pyridine rings is 1. The van der Waals surface area contributed by atoms with E-state index in [1.807, 2.05) is 55.6 Å². The second kappa shape index (κ2) is 7.46. The number of nitrogens with one attached hydrogen (secondary N) is 1. The minimum absolute atomic E-state index is 0.755. The predicted molar refractivity (Wildman–Crippen MR) is 82.8 cm³/mol. The average molecular weight is 268 g/mol. The minimum atomic E-state index is 0.755. The van der Waals surface area contributed by atoms with E-state index in [9.17, 15) is 0 Å². The van der Waals surface area contributed by atoms with Crippen molar-refractivity contribution in [2.45, 2.75) is 20.4 Å². The fraction of sp³-hybridized carbons (Fsp3) is 0.235. The van der Waals surface area contributed by atoms with E-state index in [0.717, 1.165) is 35.7 Å². The van der Waals surface area contributed by atoms with E-state index in [-0.39, 0.29) is 0 Å². The van der Waals surface area contributed by atoms with Gasteiger partial charge in [-0.1, -0.05) is 37.3 Å². The molecule has 3 heteroatoms. The molecule has 0 saturated carbocycles. The van der Waals surface area contributed by atoms with Gasteiger partial charge in [-0.25, -0.2) is 0 Å². The molecule has 0 bridgehead atoms. The van der Waals surface area contributed by atoms with Crippen LogP contribution in [-0.4, -0.2) is 11.5 Å². The molecule has 1 heterocycles. The van der Waals surface area contributed by atoms with E-state index >= 15 is 0 Å². The van der Waals surface area contributed by atoms with Crippen LogP contribution in [0.5, 0.6) is 11.5 Å². The van der Waals surface area contributed by atoms with Gasteiger partial charge in [0.05, 0.1) is 0 Å². The van der Waals surface area contributed by atoms with Crippen LogP contribution < -0.4 is 10.1 Å². The molecule has 104 valence electrons. The van der Waals surface area contributed by atoms with Crippen molar-refractivity contribution in [2.75, 3.05) is 6.54 Å². The lowest BCUT2D eigenvalue weighted by molar-refractivity contribution is 0.471. The van der Waals surface area contributed by atoms with Gasteiger partial charge in [0.25, 0.3) is 0 Å². The van der Waals surface area contributed by atoms with Crippen molar-refractivity contribution in [3.05, 3.63) is 59.9 Å². The Bertz CT molecular complexity index is 579. The highest BCUT2D eigenvalue weighted by atomic mass is 16.5. The van der Waals surface area contributed by atoms with Crippen LogP contribution in [0, 0.1) is 0 Å². The molecule has 1 N–H and O–H groups in total. The van der Waals surface area contributed by atoms with Gasteiger partial charge < -0.3 is 10.1 Å². The number of nitrogens with zero attached hydrogens (tertiary/aromatic N) is 1. The van der Waals surface area contributed by atoms with Gasteiger partial charge in [-0.05, 0) is 25.6 Å². The molecule has 0 aliphatic rings. The molecular formula is C17H20N2O. The average Bonchev–Trinajstić information content (AvgIpc) is 2.49. The molecule has 0 fully saturated rings. The zero-order chi connectivity index (χ0) is 14.2. The van der Waals surface area contributed by atoms with Gasteiger partial charge in [0.15, 0.2) is 0 Å². The summed E-state index contributed by atoms with van der Waals surface area (Å²) in [6.07, 6.45) is 7.65. The van der Waals surface area contributed by atoms with Crippen molar-refractivity contribution >= 4 is 6.08 Å². The summed E-state index contributed by atoms with van der Waals surface area (Å²) in [7, 11) is 0. The summed E-state index contributed by atoms with van der Waals surface area (Å²) in [4.78, 5) is 4.16. The summed E-state index contributed by atoms with van der Waals surface area (Å²) in [6.45, 7) is 5.76. The summed E-state index contributed by atoms with van der Waals surface area (Å²) >= 11 is 0. The lowest BCUT2D eigenvalue weighted by Crippen LogP contribution is -2.12. The second-order valence-electron chi connectivity index (χ2n) is 4.40. The number of benzene rings is 1. The molecule has 0 atom stereocenters. The van der Waals surface area contributed by atoms with E-state index in [1.54, 1.807) is 6.20 Å². The first-order valence-electron chi connectivity index (χ1n) is 6.88. The number of aromatic nitrogens is 1. The van der Waals surface area contributed by atoms with Gasteiger partial charge in [-0.15, -0.1) is 0 Å². The Kier molecular flexibility index (Phi) is 5.33. The molecule has 0 radical (unpaired) electrons. The van der Waals surface area contributed by atoms with Crippen molar-refractivity contribution < 1.29 is 4.74 Å². The zero-order valence-electron chi connectivity index (χ0n) is 12.0. The lowest BCUT2D eigenvalue weighted by atomic mass is 10.2. The molecule has 0 saturated heterocycles. The Morgan fingerprint density at radius 2 is 2.05 bits per heavy atom. The van der Waals surface area contributed by atoms with Crippen molar-refractivity contribution in [3.8, 4) is 11.5 Å². The van der Waals surface area contributed by atoms with Crippen LogP contribution in [0.15, 0.2) is 48.8 Å². The third-order valence-electron chi connectivity index (χ3n) is 2.91. The summed E-state index contributed by atoms with van der Waals surface area (Å²) < 4.78 is 6.06. The number of hydrogen-bond acceptors (Lipinski definition) is 3. The van der Waals surface area contributed by atoms with Crippen molar-refractivity contribution in [1.82, 2.24) is 10.3 Å². The monoisotopic (exact) mass is 268 g/mol. The maximum atomic E-state index is 6.06. The highest BCUT2D eigenvalue weighted by molar-refractivity contribution is 5.58. The topological polar surface area (TPSA) is 34.1 Å². The Morgan fingerprint density at radius 1 is 1.20 bits per heavy atom. The Balaban J connectivity index is 2.26. The van der Waals surface area contributed by atoms with E-state index in [4.69, 9.17) is 4.74 Å². The Labute approximate surface area is 120 Å². The molecule has 0 aliphatic heterocycles. The van der Waals surface area contributed by atoms with Crippen LogP contribution >= 0.6 is 0 Å². The van der Waals surface area contributed by atoms with Crippen LogP contribution in [0.2, 0.25) is 0 Å². The molecule has 0 amide bonds. The fourth-order valence-electron chi connectivity index (χ4n) is 1.92.